The number of aliphatic hydroxyl groups is 2. The largest absolute Gasteiger partial charge is 0.433 e. The van der Waals surface area contributed by atoms with Crippen molar-refractivity contribution >= 4 is 10.0 Å². The Bertz CT molecular complexity index is 1660. The molecule has 2 N–H and O–H groups in total. The predicted octanol–water partition coefficient (Wildman–Crippen LogP) is 4.89. The maximum absolute atomic E-state index is 13.7. The minimum Gasteiger partial charge on any atom is -0.395 e. The second kappa shape index (κ2) is 12.1. The minimum atomic E-state index is -4.90. The number of aliphatic hydroxyl groups excluding tert-OH is 2. The minimum absolute atomic E-state index is 0.000324. The molecule has 0 saturated carbocycles. The van der Waals surface area contributed by atoms with Gasteiger partial charge in [-0.05, 0) is 42.5 Å². The van der Waals surface area contributed by atoms with Crippen molar-refractivity contribution in [3.63, 3.8) is 0 Å². The van der Waals surface area contributed by atoms with Crippen molar-refractivity contribution in [3.05, 3.63) is 84.2 Å². The molecule has 4 rings (SSSR count). The zero-order valence-electron chi connectivity index (χ0n) is 21.4. The third kappa shape index (κ3) is 6.92. The fourth-order valence-electron chi connectivity index (χ4n) is 3.97. The molecule has 0 amide bonds. The Labute approximate surface area is 236 Å². The first-order valence-corrected chi connectivity index (χ1v) is 13.6. The molecule has 0 aliphatic heterocycles. The lowest BCUT2D eigenvalue weighted by Gasteiger charge is -2.20. The van der Waals surface area contributed by atoms with Crippen LogP contribution in [0.5, 0.6) is 0 Å². The topological polar surface area (TPSA) is 117 Å². The van der Waals surface area contributed by atoms with Crippen LogP contribution in [0.1, 0.15) is 11.3 Å². The number of pyridine rings is 1. The van der Waals surface area contributed by atoms with Crippen LogP contribution in [0, 0.1) is 0 Å². The summed E-state index contributed by atoms with van der Waals surface area (Å²) in [5.41, 5.74) is -2.04. The van der Waals surface area contributed by atoms with Gasteiger partial charge in [0.2, 0.25) is 10.0 Å². The van der Waals surface area contributed by atoms with Gasteiger partial charge in [0, 0.05) is 36.0 Å². The molecule has 2 aromatic heterocycles. The Balaban J connectivity index is 1.77. The highest BCUT2D eigenvalue weighted by atomic mass is 32.2. The second-order valence-corrected chi connectivity index (χ2v) is 10.8. The van der Waals surface area contributed by atoms with Crippen LogP contribution < -0.4 is 0 Å². The number of benzene rings is 2. The van der Waals surface area contributed by atoms with E-state index in [9.17, 15) is 45.0 Å². The Hall–Kier alpha value is -3.92. The first-order chi connectivity index (χ1) is 19.7. The highest BCUT2D eigenvalue weighted by Gasteiger charge is 2.34. The number of hydrogen-bond acceptors (Lipinski definition) is 7. The van der Waals surface area contributed by atoms with E-state index < -0.39 is 46.8 Å². The van der Waals surface area contributed by atoms with E-state index in [1.807, 2.05) is 0 Å². The van der Waals surface area contributed by atoms with Gasteiger partial charge in [-0.1, -0.05) is 24.3 Å². The average molecular weight is 613 g/mol. The highest BCUT2D eigenvalue weighted by Crippen LogP contribution is 2.35. The molecule has 2 aromatic carbocycles. The van der Waals surface area contributed by atoms with Gasteiger partial charge in [-0.3, -0.25) is 4.98 Å². The summed E-state index contributed by atoms with van der Waals surface area (Å²) in [6.45, 7) is -1.47. The van der Waals surface area contributed by atoms with Crippen molar-refractivity contribution < 1.29 is 45.0 Å². The molecule has 0 bridgehead atoms. The van der Waals surface area contributed by atoms with E-state index in [0.29, 0.717) is 6.07 Å². The highest BCUT2D eigenvalue weighted by molar-refractivity contribution is 7.89. The Morgan fingerprint density at radius 1 is 0.714 bits per heavy atom. The van der Waals surface area contributed by atoms with Gasteiger partial charge in [-0.25, -0.2) is 18.4 Å². The van der Waals surface area contributed by atoms with Crippen molar-refractivity contribution in [2.75, 3.05) is 26.3 Å². The lowest BCUT2D eigenvalue weighted by Crippen LogP contribution is -2.35. The number of sulfonamides is 1. The number of halogens is 6. The zero-order valence-corrected chi connectivity index (χ0v) is 22.2. The normalized spacial score (nSPS) is 12.6. The number of aromatic nitrogens is 3. The number of rotatable bonds is 9. The standard InChI is InChI=1S/C27H22F6N4O4S/c28-26(29,30)20-6-4-17(5-7-20)23-16-24(27(31,32)33)36-25(35-23)19-8-9-34-22(15-19)18-2-1-3-21(14-18)42(40,41)37(10-12-38)11-13-39/h1-9,14-16,38-39H,10-13H2. The van der Waals surface area contributed by atoms with Gasteiger partial charge in [0.1, 0.15) is 5.69 Å². The van der Waals surface area contributed by atoms with Crippen LogP contribution in [-0.2, 0) is 22.4 Å². The molecule has 2 heterocycles. The molecule has 42 heavy (non-hydrogen) atoms. The van der Waals surface area contributed by atoms with Gasteiger partial charge < -0.3 is 10.2 Å². The van der Waals surface area contributed by atoms with Crippen LogP contribution >= 0.6 is 0 Å². The summed E-state index contributed by atoms with van der Waals surface area (Å²) in [6.07, 6.45) is -8.27. The third-order valence-corrected chi connectivity index (χ3v) is 7.90. The van der Waals surface area contributed by atoms with Gasteiger partial charge in [-0.2, -0.15) is 30.6 Å². The Kier molecular flexibility index (Phi) is 8.96. The lowest BCUT2D eigenvalue weighted by molar-refractivity contribution is -0.141. The fourth-order valence-corrected chi connectivity index (χ4v) is 5.44. The van der Waals surface area contributed by atoms with E-state index in [-0.39, 0.29) is 51.9 Å². The molecular weight excluding hydrogens is 590 g/mol. The van der Waals surface area contributed by atoms with Gasteiger partial charge in [-0.15, -0.1) is 0 Å². The number of alkyl halides is 6. The summed E-state index contributed by atoms with van der Waals surface area (Å²) in [5, 5.41) is 18.5. The van der Waals surface area contributed by atoms with Crippen molar-refractivity contribution in [2.45, 2.75) is 17.2 Å². The third-order valence-electron chi connectivity index (χ3n) is 6.01. The van der Waals surface area contributed by atoms with Crippen molar-refractivity contribution in [2.24, 2.45) is 0 Å². The van der Waals surface area contributed by atoms with Crippen LogP contribution in [-0.4, -0.2) is 64.2 Å². The molecule has 0 atom stereocenters. The van der Waals surface area contributed by atoms with Crippen molar-refractivity contribution in [1.29, 1.82) is 0 Å². The van der Waals surface area contributed by atoms with Crippen LogP contribution in [0.2, 0.25) is 0 Å². The van der Waals surface area contributed by atoms with Crippen molar-refractivity contribution in [3.8, 4) is 33.9 Å². The smallest absolute Gasteiger partial charge is 0.395 e. The van der Waals surface area contributed by atoms with E-state index in [4.69, 9.17) is 0 Å². The number of hydrogen-bond donors (Lipinski definition) is 2. The zero-order chi connectivity index (χ0) is 30.7. The van der Waals surface area contributed by atoms with Gasteiger partial charge >= 0.3 is 12.4 Å². The lowest BCUT2D eigenvalue weighted by atomic mass is 10.1. The van der Waals surface area contributed by atoms with Gasteiger partial charge in [0.25, 0.3) is 0 Å². The molecule has 222 valence electrons. The summed E-state index contributed by atoms with van der Waals surface area (Å²) in [5.74, 6) is -0.385. The molecule has 8 nitrogen and oxygen atoms in total. The predicted molar refractivity (Wildman–Crippen MR) is 139 cm³/mol. The van der Waals surface area contributed by atoms with E-state index >= 15 is 0 Å². The maximum atomic E-state index is 13.7. The molecule has 4 aromatic rings. The van der Waals surface area contributed by atoms with Crippen LogP contribution in [0.3, 0.4) is 0 Å². The summed E-state index contributed by atoms with van der Waals surface area (Å²) in [6, 6.07) is 12.3. The number of nitrogens with zero attached hydrogens (tertiary/aromatic N) is 4. The van der Waals surface area contributed by atoms with Crippen LogP contribution in [0.4, 0.5) is 26.3 Å². The summed E-state index contributed by atoms with van der Waals surface area (Å²) < 4.78 is 107. The van der Waals surface area contributed by atoms with Crippen LogP contribution in [0.15, 0.2) is 77.8 Å². The molecule has 15 heteroatoms. The quantitative estimate of drug-likeness (QED) is 0.259. The van der Waals surface area contributed by atoms with E-state index in [2.05, 4.69) is 15.0 Å². The monoisotopic (exact) mass is 612 g/mol. The van der Waals surface area contributed by atoms with Gasteiger partial charge in [0.05, 0.1) is 35.1 Å². The Morgan fingerprint density at radius 2 is 1.38 bits per heavy atom. The molecule has 0 aliphatic rings. The SMILES string of the molecule is O=S(=O)(c1cccc(-c2cc(-c3nc(-c4ccc(C(F)(F)F)cc4)cc(C(F)(F)F)n3)ccn2)c1)N(CCO)CCO. The first kappa shape index (κ1) is 31.0. The average Bonchev–Trinajstić information content (AvgIpc) is 2.96. The second-order valence-electron chi connectivity index (χ2n) is 8.84. The fraction of sp³-hybridized carbons (Fsp3) is 0.222. The van der Waals surface area contributed by atoms with E-state index in [0.717, 1.165) is 28.6 Å². The molecule has 0 aliphatic carbocycles. The van der Waals surface area contributed by atoms with Crippen LogP contribution in [0.25, 0.3) is 33.9 Å². The Morgan fingerprint density at radius 3 is 1.98 bits per heavy atom. The molecule has 0 spiro atoms. The first-order valence-electron chi connectivity index (χ1n) is 12.2. The molecule has 0 radical (unpaired) electrons. The van der Waals surface area contributed by atoms with E-state index in [1.54, 1.807) is 0 Å². The molecular formula is C27H22F6N4O4S. The molecule has 0 saturated heterocycles. The molecule has 0 fully saturated rings. The van der Waals surface area contributed by atoms with Gasteiger partial charge in [0.15, 0.2) is 5.82 Å². The summed E-state index contributed by atoms with van der Waals surface area (Å²) in [4.78, 5) is 11.8. The maximum Gasteiger partial charge on any atom is 0.433 e. The summed E-state index contributed by atoms with van der Waals surface area (Å²) in [7, 11) is -4.12. The molecule has 0 unspecified atom stereocenters. The van der Waals surface area contributed by atoms with E-state index in [1.165, 1.54) is 42.6 Å². The summed E-state index contributed by atoms with van der Waals surface area (Å²) >= 11 is 0. The van der Waals surface area contributed by atoms with Crippen molar-refractivity contribution in [1.82, 2.24) is 19.3 Å².